The molecule has 1 amide bonds. The van der Waals surface area contributed by atoms with Crippen LogP contribution in [0.5, 0.6) is 0 Å². The highest BCUT2D eigenvalue weighted by Gasteiger charge is 2.29. The van der Waals surface area contributed by atoms with Crippen molar-refractivity contribution >= 4 is 5.91 Å². The van der Waals surface area contributed by atoms with Gasteiger partial charge in [0.05, 0.1) is 19.3 Å². The van der Waals surface area contributed by atoms with E-state index in [4.69, 9.17) is 4.74 Å². The average molecular weight is 324 g/mol. The van der Waals surface area contributed by atoms with Crippen LogP contribution in [0.2, 0.25) is 0 Å². The monoisotopic (exact) mass is 324 g/mol. The lowest BCUT2D eigenvalue weighted by Gasteiger charge is -2.19. The van der Waals surface area contributed by atoms with Crippen LogP contribution in [-0.4, -0.2) is 30.1 Å². The Morgan fingerprint density at radius 2 is 1.88 bits per heavy atom. The number of rotatable bonds is 6. The number of pyridine rings is 1. The number of nitrogens with one attached hydrogen (secondary N) is 1. The molecule has 24 heavy (non-hydrogen) atoms. The van der Waals surface area contributed by atoms with E-state index in [9.17, 15) is 4.79 Å². The third kappa shape index (κ3) is 4.65. The van der Waals surface area contributed by atoms with Gasteiger partial charge in [0.25, 0.3) is 0 Å². The number of amides is 1. The highest BCUT2D eigenvalue weighted by molar-refractivity contribution is 5.76. The largest absolute Gasteiger partial charge is 0.379 e. The number of carbonyl (C=O) groups excluding carboxylic acids is 1. The van der Waals surface area contributed by atoms with Crippen molar-refractivity contribution < 1.29 is 9.53 Å². The Morgan fingerprint density at radius 3 is 2.62 bits per heavy atom. The van der Waals surface area contributed by atoms with E-state index < -0.39 is 0 Å². The molecule has 1 saturated heterocycles. The lowest BCUT2D eigenvalue weighted by atomic mass is 9.95. The van der Waals surface area contributed by atoms with Gasteiger partial charge in [0.2, 0.25) is 5.91 Å². The van der Waals surface area contributed by atoms with Crippen molar-refractivity contribution in [1.29, 1.82) is 0 Å². The molecule has 0 bridgehead atoms. The third-order valence-corrected chi connectivity index (χ3v) is 4.55. The number of carbonyl (C=O) groups is 1. The van der Waals surface area contributed by atoms with Crippen LogP contribution in [0.4, 0.5) is 0 Å². The van der Waals surface area contributed by atoms with E-state index in [1.807, 2.05) is 12.1 Å². The van der Waals surface area contributed by atoms with Crippen LogP contribution >= 0.6 is 0 Å². The Kier molecular flexibility index (Phi) is 5.59. The minimum Gasteiger partial charge on any atom is -0.379 e. The second-order valence-corrected chi connectivity index (χ2v) is 6.52. The van der Waals surface area contributed by atoms with Crippen LogP contribution < -0.4 is 5.32 Å². The minimum atomic E-state index is 0.101. The summed E-state index contributed by atoms with van der Waals surface area (Å²) in [7, 11) is 0. The van der Waals surface area contributed by atoms with Crippen molar-refractivity contribution in [2.75, 3.05) is 13.2 Å². The minimum absolute atomic E-state index is 0.101. The average Bonchev–Trinajstić information content (AvgIpc) is 3.02. The fourth-order valence-electron chi connectivity index (χ4n) is 3.07. The first kappa shape index (κ1) is 16.7. The van der Waals surface area contributed by atoms with Gasteiger partial charge in [-0.2, -0.15) is 0 Å². The zero-order chi connectivity index (χ0) is 16.8. The van der Waals surface area contributed by atoms with Crippen LogP contribution in [0.1, 0.15) is 23.1 Å². The van der Waals surface area contributed by atoms with Crippen molar-refractivity contribution in [1.82, 2.24) is 10.3 Å². The first-order chi connectivity index (χ1) is 11.7. The van der Waals surface area contributed by atoms with Gasteiger partial charge in [0.15, 0.2) is 0 Å². The Bertz CT molecular complexity index is 655. The second-order valence-electron chi connectivity index (χ2n) is 6.52. The van der Waals surface area contributed by atoms with E-state index >= 15 is 0 Å². The summed E-state index contributed by atoms with van der Waals surface area (Å²) in [6.07, 6.45) is 5.81. The van der Waals surface area contributed by atoms with E-state index in [0.29, 0.717) is 25.6 Å². The van der Waals surface area contributed by atoms with Gasteiger partial charge in [-0.05, 0) is 43.0 Å². The second kappa shape index (κ2) is 8.06. The van der Waals surface area contributed by atoms with Crippen molar-refractivity contribution in [3.8, 4) is 0 Å². The van der Waals surface area contributed by atoms with Crippen LogP contribution in [0.25, 0.3) is 0 Å². The van der Waals surface area contributed by atoms with Gasteiger partial charge in [-0.3, -0.25) is 9.78 Å². The zero-order valence-electron chi connectivity index (χ0n) is 14.1. The molecule has 1 aliphatic rings. The van der Waals surface area contributed by atoms with E-state index in [1.54, 1.807) is 12.4 Å². The number of hydrogen-bond acceptors (Lipinski definition) is 3. The van der Waals surface area contributed by atoms with E-state index in [-0.39, 0.29) is 11.9 Å². The molecule has 0 spiro atoms. The van der Waals surface area contributed by atoms with Gasteiger partial charge >= 0.3 is 0 Å². The zero-order valence-corrected chi connectivity index (χ0v) is 14.1. The van der Waals surface area contributed by atoms with E-state index in [1.165, 1.54) is 16.7 Å². The predicted molar refractivity (Wildman–Crippen MR) is 93.7 cm³/mol. The van der Waals surface area contributed by atoms with Gasteiger partial charge in [-0.25, -0.2) is 0 Å². The Hall–Kier alpha value is -2.20. The van der Waals surface area contributed by atoms with Crippen LogP contribution in [-0.2, 0) is 22.4 Å². The topological polar surface area (TPSA) is 51.2 Å². The van der Waals surface area contributed by atoms with Crippen LogP contribution in [0.3, 0.4) is 0 Å². The molecule has 0 unspecified atom stereocenters. The standard InChI is InChI=1S/C20H24N2O2/c1-15-2-4-16(5-3-15)6-7-20(23)22-19-14-24-13-18(19)12-17-8-10-21-11-9-17/h2-5,8-11,18-19H,6-7,12-14H2,1H3,(H,22,23)/t18-,19+/m1/s1. The normalized spacial score (nSPS) is 20.0. The Morgan fingerprint density at radius 1 is 1.12 bits per heavy atom. The van der Waals surface area contributed by atoms with Gasteiger partial charge in [0, 0.05) is 24.7 Å². The lowest BCUT2D eigenvalue weighted by molar-refractivity contribution is -0.122. The molecule has 0 aliphatic carbocycles. The summed E-state index contributed by atoms with van der Waals surface area (Å²) >= 11 is 0. The highest BCUT2D eigenvalue weighted by Crippen LogP contribution is 2.19. The molecule has 2 aromatic rings. The quantitative estimate of drug-likeness (QED) is 0.889. The number of benzene rings is 1. The number of nitrogens with zero attached hydrogens (tertiary/aromatic N) is 1. The first-order valence-corrected chi connectivity index (χ1v) is 8.52. The van der Waals surface area contributed by atoms with Crippen molar-refractivity contribution in [2.24, 2.45) is 5.92 Å². The molecule has 1 N–H and O–H groups in total. The lowest BCUT2D eigenvalue weighted by Crippen LogP contribution is -2.40. The number of ether oxygens (including phenoxy) is 1. The summed E-state index contributed by atoms with van der Waals surface area (Å²) in [5, 5.41) is 3.15. The molecule has 4 nitrogen and oxygen atoms in total. The molecule has 1 aromatic heterocycles. The fourth-order valence-corrected chi connectivity index (χ4v) is 3.07. The van der Waals surface area contributed by atoms with Crippen LogP contribution in [0, 0.1) is 12.8 Å². The summed E-state index contributed by atoms with van der Waals surface area (Å²) in [5.74, 6) is 0.432. The summed E-state index contributed by atoms with van der Waals surface area (Å²) in [6, 6.07) is 12.5. The number of hydrogen-bond donors (Lipinski definition) is 1. The van der Waals surface area contributed by atoms with E-state index in [2.05, 4.69) is 41.5 Å². The Balaban J connectivity index is 1.48. The van der Waals surface area contributed by atoms with Gasteiger partial charge in [-0.15, -0.1) is 0 Å². The molecular weight excluding hydrogens is 300 g/mol. The SMILES string of the molecule is Cc1ccc(CCC(=O)N[C@H]2COC[C@H]2Cc2ccncc2)cc1. The molecule has 1 aliphatic heterocycles. The highest BCUT2D eigenvalue weighted by atomic mass is 16.5. The molecule has 126 valence electrons. The molecule has 3 rings (SSSR count). The predicted octanol–water partition coefficient (Wildman–Crippen LogP) is 2.70. The molecule has 1 fully saturated rings. The van der Waals surface area contributed by atoms with Crippen molar-refractivity contribution in [3.05, 3.63) is 65.5 Å². The van der Waals surface area contributed by atoms with Gasteiger partial charge in [0.1, 0.15) is 0 Å². The van der Waals surface area contributed by atoms with Gasteiger partial charge < -0.3 is 10.1 Å². The third-order valence-electron chi connectivity index (χ3n) is 4.55. The summed E-state index contributed by atoms with van der Waals surface area (Å²) in [5.41, 5.74) is 3.68. The molecule has 0 saturated carbocycles. The fraction of sp³-hybridized carbons (Fsp3) is 0.400. The van der Waals surface area contributed by atoms with Crippen molar-refractivity contribution in [2.45, 2.75) is 32.2 Å². The maximum Gasteiger partial charge on any atom is 0.220 e. The molecular formula is C20H24N2O2. The van der Waals surface area contributed by atoms with Crippen molar-refractivity contribution in [3.63, 3.8) is 0 Å². The summed E-state index contributed by atoms with van der Waals surface area (Å²) in [4.78, 5) is 16.3. The molecule has 2 heterocycles. The molecule has 4 heteroatoms. The summed E-state index contributed by atoms with van der Waals surface area (Å²) in [6.45, 7) is 3.37. The molecule has 2 atom stereocenters. The number of aryl methyl sites for hydroxylation is 2. The Labute approximate surface area is 143 Å². The van der Waals surface area contributed by atoms with Crippen LogP contribution in [0.15, 0.2) is 48.8 Å². The number of aromatic nitrogens is 1. The summed E-state index contributed by atoms with van der Waals surface area (Å²) < 4.78 is 5.59. The molecule has 0 radical (unpaired) electrons. The maximum atomic E-state index is 12.3. The van der Waals surface area contributed by atoms with E-state index in [0.717, 1.165) is 12.8 Å². The van der Waals surface area contributed by atoms with Gasteiger partial charge in [-0.1, -0.05) is 29.8 Å². The first-order valence-electron chi connectivity index (χ1n) is 8.52. The maximum absolute atomic E-state index is 12.3. The molecule has 1 aromatic carbocycles. The smallest absolute Gasteiger partial charge is 0.220 e.